The molecule has 5 heteroatoms. The zero-order valence-corrected chi connectivity index (χ0v) is 9.72. The van der Waals surface area contributed by atoms with Gasteiger partial charge in [0.15, 0.2) is 0 Å². The van der Waals surface area contributed by atoms with Gasteiger partial charge in [-0.25, -0.2) is 4.98 Å². The summed E-state index contributed by atoms with van der Waals surface area (Å²) in [4.78, 5) is 14.2. The van der Waals surface area contributed by atoms with Gasteiger partial charge in [0.25, 0.3) is 5.69 Å². The van der Waals surface area contributed by atoms with E-state index in [9.17, 15) is 10.1 Å². The summed E-state index contributed by atoms with van der Waals surface area (Å²) in [5.41, 5.74) is 1.90. The van der Waals surface area contributed by atoms with Crippen molar-refractivity contribution in [1.29, 1.82) is 0 Å². The summed E-state index contributed by atoms with van der Waals surface area (Å²) in [6.07, 6.45) is 1.68. The second kappa shape index (κ2) is 4.40. The molecule has 0 amide bonds. The van der Waals surface area contributed by atoms with Crippen molar-refractivity contribution >= 4 is 21.6 Å². The molecule has 1 aromatic heterocycles. The van der Waals surface area contributed by atoms with E-state index in [1.165, 1.54) is 12.1 Å². The molecule has 0 aliphatic carbocycles. The van der Waals surface area contributed by atoms with Crippen LogP contribution in [-0.2, 0) is 0 Å². The highest BCUT2D eigenvalue weighted by Crippen LogP contribution is 2.27. The maximum absolute atomic E-state index is 10.5. The maximum atomic E-state index is 10.5. The predicted molar refractivity (Wildman–Crippen MR) is 64.0 cm³/mol. The van der Waals surface area contributed by atoms with Crippen molar-refractivity contribution in [3.05, 3.63) is 57.3 Å². The highest BCUT2D eigenvalue weighted by Gasteiger charge is 2.07. The molecule has 0 saturated heterocycles. The number of hydrogen-bond acceptors (Lipinski definition) is 3. The molecule has 0 aliphatic rings. The van der Waals surface area contributed by atoms with E-state index >= 15 is 0 Å². The standard InChI is InChI=1S/C11H7BrN2O2/c12-11-10(2-1-7-13-11)8-3-5-9(6-4-8)14(15)16/h1-7H. The zero-order valence-electron chi connectivity index (χ0n) is 8.13. The van der Waals surface area contributed by atoms with E-state index in [-0.39, 0.29) is 5.69 Å². The van der Waals surface area contributed by atoms with Crippen LogP contribution in [-0.4, -0.2) is 9.91 Å². The van der Waals surface area contributed by atoms with Gasteiger partial charge in [0.2, 0.25) is 0 Å². The van der Waals surface area contributed by atoms with Crippen molar-refractivity contribution in [2.45, 2.75) is 0 Å². The number of nitro groups is 1. The van der Waals surface area contributed by atoms with Crippen LogP contribution in [0, 0.1) is 10.1 Å². The van der Waals surface area contributed by atoms with Crippen molar-refractivity contribution in [3.63, 3.8) is 0 Å². The van der Waals surface area contributed by atoms with Crippen LogP contribution < -0.4 is 0 Å². The monoisotopic (exact) mass is 278 g/mol. The largest absolute Gasteiger partial charge is 0.269 e. The van der Waals surface area contributed by atoms with Crippen LogP contribution >= 0.6 is 15.9 Å². The molecule has 16 heavy (non-hydrogen) atoms. The minimum Gasteiger partial charge on any atom is -0.258 e. The first-order valence-electron chi connectivity index (χ1n) is 4.54. The Morgan fingerprint density at radius 3 is 2.44 bits per heavy atom. The molecule has 0 N–H and O–H groups in total. The molecule has 0 spiro atoms. The van der Waals surface area contributed by atoms with Crippen molar-refractivity contribution in [1.82, 2.24) is 4.98 Å². The van der Waals surface area contributed by atoms with Gasteiger partial charge >= 0.3 is 0 Å². The van der Waals surface area contributed by atoms with Crippen LogP contribution in [0.25, 0.3) is 11.1 Å². The number of hydrogen-bond donors (Lipinski definition) is 0. The first-order valence-corrected chi connectivity index (χ1v) is 5.33. The second-order valence-electron chi connectivity index (χ2n) is 3.15. The first kappa shape index (κ1) is 10.8. The van der Waals surface area contributed by atoms with Gasteiger partial charge in [-0.3, -0.25) is 10.1 Å². The van der Waals surface area contributed by atoms with Gasteiger partial charge in [-0.15, -0.1) is 0 Å². The second-order valence-corrected chi connectivity index (χ2v) is 3.90. The summed E-state index contributed by atoms with van der Waals surface area (Å²) in [6.45, 7) is 0. The smallest absolute Gasteiger partial charge is 0.258 e. The van der Waals surface area contributed by atoms with E-state index in [0.29, 0.717) is 0 Å². The molecule has 0 aliphatic heterocycles. The summed E-state index contributed by atoms with van der Waals surface area (Å²) in [7, 11) is 0. The Balaban J connectivity index is 2.43. The van der Waals surface area contributed by atoms with E-state index in [1.807, 2.05) is 12.1 Å². The molecule has 1 heterocycles. The van der Waals surface area contributed by atoms with Crippen molar-refractivity contribution < 1.29 is 4.92 Å². The number of rotatable bonds is 2. The van der Waals surface area contributed by atoms with Gasteiger partial charge in [0, 0.05) is 23.9 Å². The van der Waals surface area contributed by atoms with Crippen LogP contribution in [0.4, 0.5) is 5.69 Å². The Morgan fingerprint density at radius 2 is 1.88 bits per heavy atom. The van der Waals surface area contributed by atoms with E-state index in [1.54, 1.807) is 18.3 Å². The molecule has 2 aromatic rings. The first-order chi connectivity index (χ1) is 7.68. The topological polar surface area (TPSA) is 56.0 Å². The number of aromatic nitrogens is 1. The maximum Gasteiger partial charge on any atom is 0.269 e. The average Bonchev–Trinajstić information content (AvgIpc) is 2.30. The van der Waals surface area contributed by atoms with Crippen molar-refractivity contribution in [3.8, 4) is 11.1 Å². The zero-order chi connectivity index (χ0) is 11.5. The van der Waals surface area contributed by atoms with Crippen LogP contribution in [0.1, 0.15) is 0 Å². The summed E-state index contributed by atoms with van der Waals surface area (Å²) in [5.74, 6) is 0. The van der Waals surface area contributed by atoms with E-state index in [2.05, 4.69) is 20.9 Å². The molecule has 1 aromatic carbocycles. The quantitative estimate of drug-likeness (QED) is 0.481. The van der Waals surface area contributed by atoms with Crippen LogP contribution in [0.5, 0.6) is 0 Å². The number of halogens is 1. The molecule has 0 fully saturated rings. The molecule has 0 atom stereocenters. The van der Waals surface area contributed by atoms with Gasteiger partial charge < -0.3 is 0 Å². The number of pyridine rings is 1. The van der Waals surface area contributed by atoms with Gasteiger partial charge in [0.1, 0.15) is 4.60 Å². The Hall–Kier alpha value is -1.75. The average molecular weight is 279 g/mol. The fourth-order valence-corrected chi connectivity index (χ4v) is 1.84. The lowest BCUT2D eigenvalue weighted by Crippen LogP contribution is -1.88. The number of non-ortho nitro benzene ring substituents is 1. The van der Waals surface area contributed by atoms with Gasteiger partial charge in [-0.05, 0) is 39.7 Å². The summed E-state index contributed by atoms with van der Waals surface area (Å²) in [6, 6.07) is 10.1. The lowest BCUT2D eigenvalue weighted by atomic mass is 10.1. The Labute approximate surface area is 100 Å². The van der Waals surface area contributed by atoms with Crippen LogP contribution in [0.15, 0.2) is 47.2 Å². The highest BCUT2D eigenvalue weighted by molar-refractivity contribution is 9.10. The van der Waals surface area contributed by atoms with Gasteiger partial charge in [0.05, 0.1) is 4.92 Å². The SMILES string of the molecule is O=[N+]([O-])c1ccc(-c2cccnc2Br)cc1. The Bertz CT molecular complexity index is 526. The minimum absolute atomic E-state index is 0.0868. The lowest BCUT2D eigenvalue weighted by Gasteiger charge is -2.02. The molecule has 2 rings (SSSR count). The molecule has 0 saturated carbocycles. The third kappa shape index (κ3) is 2.09. The third-order valence-corrected chi connectivity index (χ3v) is 2.78. The highest BCUT2D eigenvalue weighted by atomic mass is 79.9. The fourth-order valence-electron chi connectivity index (χ4n) is 1.36. The van der Waals surface area contributed by atoms with Crippen LogP contribution in [0.3, 0.4) is 0 Å². The van der Waals surface area contributed by atoms with E-state index in [0.717, 1.165) is 15.7 Å². The van der Waals surface area contributed by atoms with Gasteiger partial charge in [-0.1, -0.05) is 6.07 Å². The molecular weight excluding hydrogens is 272 g/mol. The predicted octanol–water partition coefficient (Wildman–Crippen LogP) is 3.42. The molecule has 4 nitrogen and oxygen atoms in total. The normalized spacial score (nSPS) is 10.1. The molecule has 0 unspecified atom stereocenters. The summed E-state index contributed by atoms with van der Waals surface area (Å²) < 4.78 is 0.726. The third-order valence-electron chi connectivity index (χ3n) is 2.15. The van der Waals surface area contributed by atoms with Crippen LogP contribution in [0.2, 0.25) is 0 Å². The summed E-state index contributed by atoms with van der Waals surface area (Å²) >= 11 is 3.34. The van der Waals surface area contributed by atoms with Crippen molar-refractivity contribution in [2.24, 2.45) is 0 Å². The number of benzene rings is 1. The van der Waals surface area contributed by atoms with E-state index in [4.69, 9.17) is 0 Å². The molecule has 80 valence electrons. The number of nitro benzene ring substituents is 1. The summed E-state index contributed by atoms with van der Waals surface area (Å²) in [5, 5.41) is 10.5. The van der Waals surface area contributed by atoms with E-state index < -0.39 is 4.92 Å². The Morgan fingerprint density at radius 1 is 1.19 bits per heavy atom. The fraction of sp³-hybridized carbons (Fsp3) is 0. The number of nitrogens with zero attached hydrogens (tertiary/aromatic N) is 2. The molecule has 0 bridgehead atoms. The van der Waals surface area contributed by atoms with Crippen molar-refractivity contribution in [2.75, 3.05) is 0 Å². The minimum atomic E-state index is -0.415. The molecule has 0 radical (unpaired) electrons. The molecular formula is C11H7BrN2O2. The van der Waals surface area contributed by atoms with Gasteiger partial charge in [-0.2, -0.15) is 0 Å². The lowest BCUT2D eigenvalue weighted by molar-refractivity contribution is -0.384. The Kier molecular flexibility index (Phi) is 2.96.